The van der Waals surface area contributed by atoms with Crippen LogP contribution in [0.1, 0.15) is 37.3 Å². The molecule has 1 saturated heterocycles. The van der Waals surface area contributed by atoms with Crippen molar-refractivity contribution in [2.75, 3.05) is 18.6 Å². The van der Waals surface area contributed by atoms with Gasteiger partial charge in [0.25, 0.3) is 5.91 Å². The van der Waals surface area contributed by atoms with Gasteiger partial charge in [0.15, 0.2) is 6.10 Å². The Labute approximate surface area is 250 Å². The fourth-order valence-electron chi connectivity index (χ4n) is 5.91. The molecule has 1 saturated carbocycles. The summed E-state index contributed by atoms with van der Waals surface area (Å²) < 4.78 is 40.6. The molecule has 11 nitrogen and oxygen atoms in total. The van der Waals surface area contributed by atoms with E-state index in [0.29, 0.717) is 18.9 Å². The minimum atomic E-state index is -1.44. The number of anilines is 1. The van der Waals surface area contributed by atoms with E-state index in [-0.39, 0.29) is 27.5 Å². The molecule has 1 aliphatic carbocycles. The second-order valence-corrected chi connectivity index (χ2v) is 11.1. The summed E-state index contributed by atoms with van der Waals surface area (Å²) in [6.45, 7) is -0.670. The van der Waals surface area contributed by atoms with Gasteiger partial charge in [-0.25, -0.2) is 13.5 Å². The van der Waals surface area contributed by atoms with E-state index in [2.05, 4.69) is 10.3 Å². The SMILES string of the molecule is COC1C(C(=O)N(c2cc(Cl)cc(C#N)c2)[C@H]2CCCC[C@@H]2O)OC(CO)C(O)C1n1cc(-c2cc(F)cc(F)c2)nn1. The largest absolute Gasteiger partial charge is 0.394 e. The quantitative estimate of drug-likeness (QED) is 0.363. The summed E-state index contributed by atoms with van der Waals surface area (Å²) in [5.74, 6) is -2.30. The van der Waals surface area contributed by atoms with Crippen molar-refractivity contribution in [2.45, 2.75) is 68.3 Å². The van der Waals surface area contributed by atoms with Crippen molar-refractivity contribution < 1.29 is 38.4 Å². The van der Waals surface area contributed by atoms with E-state index in [9.17, 15) is 34.2 Å². The molecule has 1 aliphatic heterocycles. The van der Waals surface area contributed by atoms with Gasteiger partial charge in [0.1, 0.15) is 41.7 Å². The molecule has 43 heavy (non-hydrogen) atoms. The Hall–Kier alpha value is -3.51. The summed E-state index contributed by atoms with van der Waals surface area (Å²) in [5, 5.41) is 50.1. The van der Waals surface area contributed by atoms with Crippen molar-refractivity contribution in [1.29, 1.82) is 5.26 Å². The Morgan fingerprint density at radius 3 is 2.56 bits per heavy atom. The molecule has 7 atom stereocenters. The number of hydrogen-bond donors (Lipinski definition) is 3. The number of aliphatic hydroxyl groups excluding tert-OH is 3. The Kier molecular flexibility index (Phi) is 9.36. The van der Waals surface area contributed by atoms with Gasteiger partial charge in [-0.3, -0.25) is 4.79 Å². The van der Waals surface area contributed by atoms with Crippen molar-refractivity contribution in [1.82, 2.24) is 15.0 Å². The van der Waals surface area contributed by atoms with Crippen LogP contribution in [-0.2, 0) is 14.3 Å². The van der Waals surface area contributed by atoms with Crippen LogP contribution in [0, 0.1) is 23.0 Å². The van der Waals surface area contributed by atoms with Gasteiger partial charge in [-0.15, -0.1) is 5.10 Å². The number of rotatable bonds is 7. The van der Waals surface area contributed by atoms with Crippen LogP contribution in [0.4, 0.5) is 14.5 Å². The maximum Gasteiger partial charge on any atom is 0.259 e. The van der Waals surface area contributed by atoms with Crippen LogP contribution in [0.5, 0.6) is 0 Å². The van der Waals surface area contributed by atoms with Gasteiger partial charge >= 0.3 is 0 Å². The van der Waals surface area contributed by atoms with Crippen LogP contribution in [0.15, 0.2) is 42.6 Å². The predicted molar refractivity (Wildman–Crippen MR) is 149 cm³/mol. The lowest BCUT2D eigenvalue weighted by Crippen LogP contribution is -2.63. The number of carbonyl (C=O) groups excluding carboxylic acids is 1. The minimum absolute atomic E-state index is 0.0882. The number of aliphatic hydroxyl groups is 3. The molecular weight excluding hydrogens is 588 g/mol. The Morgan fingerprint density at radius 1 is 1.19 bits per heavy atom. The summed E-state index contributed by atoms with van der Waals surface area (Å²) >= 11 is 6.30. The van der Waals surface area contributed by atoms with Crippen molar-refractivity contribution in [3.63, 3.8) is 0 Å². The first kappa shape index (κ1) is 30.9. The van der Waals surface area contributed by atoms with E-state index in [0.717, 1.165) is 25.0 Å². The third-order valence-corrected chi connectivity index (χ3v) is 8.13. The fourth-order valence-corrected chi connectivity index (χ4v) is 6.14. The highest BCUT2D eigenvalue weighted by atomic mass is 35.5. The predicted octanol–water partition coefficient (Wildman–Crippen LogP) is 2.76. The van der Waals surface area contributed by atoms with Crippen LogP contribution in [0.3, 0.4) is 0 Å². The van der Waals surface area contributed by atoms with Crippen LogP contribution < -0.4 is 4.90 Å². The second kappa shape index (κ2) is 13.0. The molecule has 3 N–H and O–H groups in total. The zero-order valence-electron chi connectivity index (χ0n) is 23.1. The zero-order valence-corrected chi connectivity index (χ0v) is 23.8. The first-order valence-electron chi connectivity index (χ1n) is 13.7. The van der Waals surface area contributed by atoms with Gasteiger partial charge in [0, 0.05) is 29.4 Å². The number of ether oxygens (including phenoxy) is 2. The molecule has 1 amide bonds. The van der Waals surface area contributed by atoms with Crippen LogP contribution in [0.2, 0.25) is 5.02 Å². The van der Waals surface area contributed by atoms with E-state index in [1.165, 1.54) is 41.1 Å². The summed E-state index contributed by atoms with van der Waals surface area (Å²) in [7, 11) is 1.31. The lowest BCUT2D eigenvalue weighted by Gasteiger charge is -2.46. The number of halogens is 3. The van der Waals surface area contributed by atoms with Crippen LogP contribution in [-0.4, -0.2) is 86.5 Å². The van der Waals surface area contributed by atoms with Gasteiger partial charge in [-0.1, -0.05) is 29.7 Å². The van der Waals surface area contributed by atoms with E-state index in [1.54, 1.807) is 0 Å². The Bertz CT molecular complexity index is 1500. The third-order valence-electron chi connectivity index (χ3n) is 7.91. The average Bonchev–Trinajstić information content (AvgIpc) is 3.47. The molecule has 2 fully saturated rings. The molecule has 0 bridgehead atoms. The lowest BCUT2D eigenvalue weighted by atomic mass is 9.88. The maximum absolute atomic E-state index is 14.5. The molecule has 2 aromatic carbocycles. The van der Waals surface area contributed by atoms with Crippen molar-refractivity contribution in [3.05, 3.63) is 64.8 Å². The van der Waals surface area contributed by atoms with Gasteiger partial charge < -0.3 is 29.7 Å². The molecular formula is C29H30ClF2N5O6. The first-order valence-corrected chi connectivity index (χ1v) is 14.1. The molecule has 3 aromatic rings. The number of methoxy groups -OCH3 is 1. The molecule has 5 rings (SSSR count). The lowest BCUT2D eigenvalue weighted by molar-refractivity contribution is -0.211. The number of nitrogens with zero attached hydrogens (tertiary/aromatic N) is 5. The first-order chi connectivity index (χ1) is 20.6. The molecule has 14 heteroatoms. The smallest absolute Gasteiger partial charge is 0.259 e. The van der Waals surface area contributed by atoms with E-state index < -0.39 is 66.8 Å². The summed E-state index contributed by atoms with van der Waals surface area (Å²) in [6, 6.07) is 7.47. The zero-order chi connectivity index (χ0) is 30.8. The number of nitriles is 1. The minimum Gasteiger partial charge on any atom is -0.394 e. The summed E-state index contributed by atoms with van der Waals surface area (Å²) in [5.41, 5.74) is 0.643. The van der Waals surface area contributed by atoms with Crippen LogP contribution in [0.25, 0.3) is 11.3 Å². The topological polar surface area (TPSA) is 154 Å². The van der Waals surface area contributed by atoms with Crippen LogP contribution >= 0.6 is 11.6 Å². The van der Waals surface area contributed by atoms with Crippen molar-refractivity contribution >= 4 is 23.2 Å². The maximum atomic E-state index is 14.5. The van der Waals surface area contributed by atoms with Crippen molar-refractivity contribution in [3.8, 4) is 17.3 Å². The fraction of sp³-hybridized carbons (Fsp3) is 0.448. The van der Waals surface area contributed by atoms with Gasteiger partial charge in [-0.05, 0) is 43.2 Å². The number of benzene rings is 2. The highest BCUT2D eigenvalue weighted by molar-refractivity contribution is 6.31. The summed E-state index contributed by atoms with van der Waals surface area (Å²) in [6.07, 6.45) is -2.49. The normalized spacial score (nSPS) is 27.4. The average molecular weight is 618 g/mol. The second-order valence-electron chi connectivity index (χ2n) is 10.6. The number of carbonyl (C=O) groups is 1. The molecule has 2 aliphatic rings. The summed E-state index contributed by atoms with van der Waals surface area (Å²) in [4.78, 5) is 15.8. The standard InChI is InChI=1S/C29H30ClF2N5O6/c1-42-27-25(36-13-21(34-35-36)16-8-18(31)11-19(32)9-16)26(40)24(14-38)43-28(27)29(41)37(22-4-2-3-5-23(22)39)20-7-15(12-33)6-17(30)10-20/h6-11,13,22-28,38-40H,2-5,14H2,1H3/t22-,23-,24?,25?,26?,27?,28?/m0/s1. The van der Waals surface area contributed by atoms with Crippen molar-refractivity contribution in [2.24, 2.45) is 0 Å². The molecule has 0 spiro atoms. The van der Waals surface area contributed by atoms with E-state index >= 15 is 0 Å². The number of aromatic nitrogens is 3. The van der Waals surface area contributed by atoms with Gasteiger partial charge in [0.05, 0.1) is 36.6 Å². The highest BCUT2D eigenvalue weighted by Crippen LogP contribution is 2.37. The molecule has 0 radical (unpaired) electrons. The molecule has 2 heterocycles. The molecule has 5 unspecified atom stereocenters. The Morgan fingerprint density at radius 2 is 1.91 bits per heavy atom. The van der Waals surface area contributed by atoms with E-state index in [4.69, 9.17) is 21.1 Å². The van der Waals surface area contributed by atoms with E-state index in [1.807, 2.05) is 6.07 Å². The van der Waals surface area contributed by atoms with Gasteiger partial charge in [0.2, 0.25) is 0 Å². The highest BCUT2D eigenvalue weighted by Gasteiger charge is 2.52. The van der Waals surface area contributed by atoms with Gasteiger partial charge in [-0.2, -0.15) is 5.26 Å². The number of hydrogen-bond acceptors (Lipinski definition) is 9. The molecule has 228 valence electrons. The molecule has 1 aromatic heterocycles. The number of amides is 1. The monoisotopic (exact) mass is 617 g/mol. The Balaban J connectivity index is 1.56. The third kappa shape index (κ3) is 6.26.